The molecule has 0 aliphatic carbocycles. The summed E-state index contributed by atoms with van der Waals surface area (Å²) in [6, 6.07) is 7.18. The van der Waals surface area contributed by atoms with Crippen LogP contribution in [0.15, 0.2) is 24.3 Å². The lowest BCUT2D eigenvalue weighted by atomic mass is 9.94. The fourth-order valence-corrected chi connectivity index (χ4v) is 2.86. The van der Waals surface area contributed by atoms with Crippen LogP contribution in [0.5, 0.6) is 5.75 Å². The first-order chi connectivity index (χ1) is 11.4. The number of rotatable bonds is 5. The molecule has 0 radical (unpaired) electrons. The van der Waals surface area contributed by atoms with Crippen LogP contribution in [0, 0.1) is 11.8 Å². The van der Waals surface area contributed by atoms with E-state index in [0.717, 1.165) is 0 Å². The Hall–Kier alpha value is -2.08. The third-order valence-corrected chi connectivity index (χ3v) is 4.72. The van der Waals surface area contributed by atoms with Crippen LogP contribution < -0.4 is 15.8 Å². The minimum atomic E-state index is -0.191. The van der Waals surface area contributed by atoms with Crippen molar-refractivity contribution in [2.24, 2.45) is 17.6 Å². The molecule has 2 amide bonds. The molecule has 132 valence electrons. The molecule has 1 heterocycles. The normalized spacial score (nSPS) is 17.9. The zero-order valence-electron chi connectivity index (χ0n) is 14.6. The van der Waals surface area contributed by atoms with Crippen LogP contribution in [0.2, 0.25) is 0 Å². The molecule has 1 aliphatic heterocycles. The molecule has 2 rings (SSSR count). The number of benzene rings is 1. The van der Waals surface area contributed by atoms with Gasteiger partial charge >= 0.3 is 0 Å². The quantitative estimate of drug-likeness (QED) is 0.861. The van der Waals surface area contributed by atoms with Crippen LogP contribution in [-0.4, -0.2) is 43.0 Å². The SMILES string of the molecule is COc1ccccc1NC(=O)C1CCN(C(=O)C(C)C(C)N)CC1. The van der Waals surface area contributed by atoms with Gasteiger partial charge in [0, 0.05) is 25.0 Å². The number of nitrogens with zero attached hydrogens (tertiary/aromatic N) is 1. The number of amides is 2. The number of para-hydroxylation sites is 2. The summed E-state index contributed by atoms with van der Waals surface area (Å²) in [6.45, 7) is 4.89. The molecule has 1 fully saturated rings. The molecule has 1 aromatic rings. The lowest BCUT2D eigenvalue weighted by Crippen LogP contribution is -2.46. The van der Waals surface area contributed by atoms with Gasteiger partial charge in [-0.05, 0) is 31.9 Å². The van der Waals surface area contributed by atoms with E-state index in [9.17, 15) is 9.59 Å². The smallest absolute Gasteiger partial charge is 0.227 e. The molecule has 24 heavy (non-hydrogen) atoms. The third-order valence-electron chi connectivity index (χ3n) is 4.72. The minimum absolute atomic E-state index is 0.0214. The molecular weight excluding hydrogens is 306 g/mol. The summed E-state index contributed by atoms with van der Waals surface area (Å²) in [6.07, 6.45) is 1.33. The van der Waals surface area contributed by atoms with E-state index in [-0.39, 0.29) is 29.7 Å². The Morgan fingerprint density at radius 3 is 2.46 bits per heavy atom. The van der Waals surface area contributed by atoms with E-state index in [1.54, 1.807) is 7.11 Å². The van der Waals surface area contributed by atoms with Crippen molar-refractivity contribution < 1.29 is 14.3 Å². The maximum atomic E-state index is 12.5. The first-order valence-corrected chi connectivity index (χ1v) is 8.42. The maximum Gasteiger partial charge on any atom is 0.227 e. The van der Waals surface area contributed by atoms with E-state index in [2.05, 4.69) is 5.32 Å². The molecule has 6 nitrogen and oxygen atoms in total. The van der Waals surface area contributed by atoms with Crippen molar-refractivity contribution in [3.63, 3.8) is 0 Å². The molecule has 2 atom stereocenters. The lowest BCUT2D eigenvalue weighted by Gasteiger charge is -2.33. The largest absolute Gasteiger partial charge is 0.495 e. The number of piperidine rings is 1. The molecule has 6 heteroatoms. The zero-order valence-corrected chi connectivity index (χ0v) is 14.6. The van der Waals surface area contributed by atoms with E-state index in [1.165, 1.54) is 0 Å². The molecule has 0 bridgehead atoms. The predicted molar refractivity (Wildman–Crippen MR) is 93.7 cm³/mol. The third kappa shape index (κ3) is 4.26. The molecule has 2 unspecified atom stereocenters. The number of nitrogens with two attached hydrogens (primary N) is 1. The number of carbonyl (C=O) groups is 2. The number of nitrogens with one attached hydrogen (secondary N) is 1. The Kier molecular flexibility index (Phi) is 6.20. The van der Waals surface area contributed by atoms with Crippen molar-refractivity contribution in [2.75, 3.05) is 25.5 Å². The second kappa shape index (κ2) is 8.15. The Labute approximate surface area is 143 Å². The topological polar surface area (TPSA) is 84.7 Å². The van der Waals surface area contributed by atoms with Crippen molar-refractivity contribution in [1.29, 1.82) is 0 Å². The summed E-state index contributed by atoms with van der Waals surface area (Å²) in [5.41, 5.74) is 6.48. The van der Waals surface area contributed by atoms with Crippen LogP contribution in [0.1, 0.15) is 26.7 Å². The molecule has 1 aliphatic rings. The van der Waals surface area contributed by atoms with Gasteiger partial charge < -0.3 is 20.7 Å². The number of carbonyl (C=O) groups excluding carboxylic acids is 2. The van der Waals surface area contributed by atoms with E-state index < -0.39 is 0 Å². The molecule has 0 spiro atoms. The number of hydrogen-bond donors (Lipinski definition) is 2. The molecule has 0 saturated carbocycles. The van der Waals surface area contributed by atoms with Gasteiger partial charge in [-0.15, -0.1) is 0 Å². The monoisotopic (exact) mass is 333 g/mol. The van der Waals surface area contributed by atoms with Gasteiger partial charge in [-0.1, -0.05) is 19.1 Å². The summed E-state index contributed by atoms with van der Waals surface area (Å²) in [7, 11) is 1.58. The standard InChI is InChI=1S/C18H27N3O3/c1-12(13(2)19)18(23)21-10-8-14(9-11-21)17(22)20-15-6-4-5-7-16(15)24-3/h4-7,12-14H,8-11,19H2,1-3H3,(H,20,22). The van der Waals surface area contributed by atoms with Gasteiger partial charge in [-0.3, -0.25) is 9.59 Å². The van der Waals surface area contributed by atoms with E-state index in [4.69, 9.17) is 10.5 Å². The van der Waals surface area contributed by atoms with Gasteiger partial charge in [0.05, 0.1) is 18.7 Å². The van der Waals surface area contributed by atoms with Crippen LogP contribution in [0.25, 0.3) is 0 Å². The molecule has 3 N–H and O–H groups in total. The van der Waals surface area contributed by atoms with E-state index in [0.29, 0.717) is 37.4 Å². The highest BCUT2D eigenvalue weighted by atomic mass is 16.5. The van der Waals surface area contributed by atoms with Crippen molar-refractivity contribution in [3.8, 4) is 5.75 Å². The highest BCUT2D eigenvalue weighted by Gasteiger charge is 2.30. The first kappa shape index (κ1) is 18.3. The summed E-state index contributed by atoms with van der Waals surface area (Å²) in [5, 5.41) is 2.93. The summed E-state index contributed by atoms with van der Waals surface area (Å²) in [4.78, 5) is 26.6. The molecule has 1 saturated heterocycles. The van der Waals surface area contributed by atoms with Crippen molar-refractivity contribution in [2.45, 2.75) is 32.7 Å². The Morgan fingerprint density at radius 1 is 1.25 bits per heavy atom. The van der Waals surface area contributed by atoms with Gasteiger partial charge in [0.15, 0.2) is 0 Å². The molecule has 0 aromatic heterocycles. The average Bonchev–Trinajstić information content (AvgIpc) is 2.60. The molecule has 1 aromatic carbocycles. The second-order valence-corrected chi connectivity index (χ2v) is 6.44. The van der Waals surface area contributed by atoms with Gasteiger partial charge in [-0.2, -0.15) is 0 Å². The first-order valence-electron chi connectivity index (χ1n) is 8.42. The number of ether oxygens (including phenoxy) is 1. The van der Waals surface area contributed by atoms with Gasteiger partial charge in [-0.25, -0.2) is 0 Å². The Bertz CT molecular complexity index is 581. The average molecular weight is 333 g/mol. The van der Waals surface area contributed by atoms with E-state index >= 15 is 0 Å². The van der Waals surface area contributed by atoms with Gasteiger partial charge in [0.1, 0.15) is 5.75 Å². The minimum Gasteiger partial charge on any atom is -0.495 e. The highest BCUT2D eigenvalue weighted by molar-refractivity contribution is 5.94. The van der Waals surface area contributed by atoms with Crippen LogP contribution in [0.4, 0.5) is 5.69 Å². The fourth-order valence-electron chi connectivity index (χ4n) is 2.86. The summed E-state index contributed by atoms with van der Waals surface area (Å²) < 4.78 is 5.25. The van der Waals surface area contributed by atoms with Gasteiger partial charge in [0.25, 0.3) is 0 Å². The number of methoxy groups -OCH3 is 1. The lowest BCUT2D eigenvalue weighted by molar-refractivity contribution is -0.138. The summed E-state index contributed by atoms with van der Waals surface area (Å²) in [5.74, 6) is 0.415. The van der Waals surface area contributed by atoms with Crippen LogP contribution >= 0.6 is 0 Å². The van der Waals surface area contributed by atoms with E-state index in [1.807, 2.05) is 43.0 Å². The Balaban J connectivity index is 1.90. The zero-order chi connectivity index (χ0) is 17.7. The fraction of sp³-hybridized carbons (Fsp3) is 0.556. The van der Waals surface area contributed by atoms with Crippen molar-refractivity contribution in [1.82, 2.24) is 4.90 Å². The van der Waals surface area contributed by atoms with Gasteiger partial charge in [0.2, 0.25) is 11.8 Å². The Morgan fingerprint density at radius 2 is 1.88 bits per heavy atom. The number of likely N-dealkylation sites (tertiary alicyclic amines) is 1. The predicted octanol–water partition coefficient (Wildman–Crippen LogP) is 1.86. The summed E-state index contributed by atoms with van der Waals surface area (Å²) >= 11 is 0. The van der Waals surface area contributed by atoms with Crippen molar-refractivity contribution in [3.05, 3.63) is 24.3 Å². The van der Waals surface area contributed by atoms with Crippen LogP contribution in [-0.2, 0) is 9.59 Å². The van der Waals surface area contributed by atoms with Crippen molar-refractivity contribution >= 4 is 17.5 Å². The maximum absolute atomic E-state index is 12.5. The highest BCUT2D eigenvalue weighted by Crippen LogP contribution is 2.26. The molecular formula is C18H27N3O3. The second-order valence-electron chi connectivity index (χ2n) is 6.44. The number of hydrogen-bond acceptors (Lipinski definition) is 4. The van der Waals surface area contributed by atoms with Crippen LogP contribution in [0.3, 0.4) is 0 Å². The number of anilines is 1.